The minimum Gasteiger partial charge on any atom is -0.351 e. The summed E-state index contributed by atoms with van der Waals surface area (Å²) < 4.78 is 0. The van der Waals surface area contributed by atoms with Crippen LogP contribution in [0.2, 0.25) is 0 Å². The summed E-state index contributed by atoms with van der Waals surface area (Å²) in [6.45, 7) is 4.93. The Balaban J connectivity index is 1.85. The van der Waals surface area contributed by atoms with E-state index in [9.17, 15) is 4.79 Å². The molecular formula is C13H18BrNOS. The van der Waals surface area contributed by atoms with Crippen molar-refractivity contribution in [2.24, 2.45) is 5.92 Å². The van der Waals surface area contributed by atoms with E-state index in [-0.39, 0.29) is 5.91 Å². The van der Waals surface area contributed by atoms with E-state index in [0.717, 1.165) is 11.4 Å². The number of carbonyl (C=O) groups is 1. The third kappa shape index (κ3) is 3.32. The fraction of sp³-hybridized carbons (Fsp3) is 0.615. The van der Waals surface area contributed by atoms with Crippen molar-refractivity contribution in [1.82, 2.24) is 5.32 Å². The van der Waals surface area contributed by atoms with Gasteiger partial charge in [-0.05, 0) is 50.7 Å². The molecule has 1 aromatic rings. The van der Waals surface area contributed by atoms with E-state index in [1.54, 1.807) is 11.3 Å². The molecule has 94 valence electrons. The molecule has 0 spiro atoms. The minimum atomic E-state index is 0.0872. The van der Waals surface area contributed by atoms with Crippen molar-refractivity contribution >= 4 is 33.2 Å². The Morgan fingerprint density at radius 1 is 1.53 bits per heavy atom. The molecule has 1 heterocycles. The molecule has 1 aliphatic carbocycles. The zero-order valence-electron chi connectivity index (χ0n) is 10.3. The van der Waals surface area contributed by atoms with Gasteiger partial charge in [0.15, 0.2) is 0 Å². The molecule has 1 N–H and O–H groups in total. The van der Waals surface area contributed by atoms with Gasteiger partial charge in [0.2, 0.25) is 0 Å². The first-order valence-electron chi connectivity index (χ1n) is 6.05. The fourth-order valence-electron chi connectivity index (χ4n) is 2.21. The Bertz CT molecular complexity index is 396. The quantitative estimate of drug-likeness (QED) is 0.847. The standard InChI is InChI=1S/C13H18BrNOS/c1-8-5-12(17-9(8)2)13(16)15-7-10-3-4-11(14)6-10/h5,10-11H,3-4,6-7H2,1-2H3,(H,15,16). The number of nitrogens with one attached hydrogen (secondary N) is 1. The van der Waals surface area contributed by atoms with Gasteiger partial charge < -0.3 is 5.32 Å². The van der Waals surface area contributed by atoms with Crippen molar-refractivity contribution in [3.8, 4) is 0 Å². The molecule has 4 heteroatoms. The number of alkyl halides is 1. The molecule has 1 aliphatic rings. The lowest BCUT2D eigenvalue weighted by molar-refractivity contribution is 0.0951. The van der Waals surface area contributed by atoms with Crippen molar-refractivity contribution in [2.45, 2.75) is 37.9 Å². The molecule has 2 unspecified atom stereocenters. The van der Waals surface area contributed by atoms with Crippen LogP contribution in [0.3, 0.4) is 0 Å². The zero-order chi connectivity index (χ0) is 12.4. The van der Waals surface area contributed by atoms with E-state index in [1.165, 1.54) is 29.7 Å². The Morgan fingerprint density at radius 2 is 2.29 bits per heavy atom. The minimum absolute atomic E-state index is 0.0872. The lowest BCUT2D eigenvalue weighted by Crippen LogP contribution is -2.27. The second-order valence-electron chi connectivity index (χ2n) is 4.84. The molecule has 1 saturated carbocycles. The average Bonchev–Trinajstić information content (AvgIpc) is 2.83. The largest absolute Gasteiger partial charge is 0.351 e. The van der Waals surface area contributed by atoms with Crippen molar-refractivity contribution in [3.63, 3.8) is 0 Å². The number of carbonyl (C=O) groups excluding carboxylic acids is 1. The molecule has 1 amide bonds. The number of rotatable bonds is 3. The number of amides is 1. The lowest BCUT2D eigenvalue weighted by atomic mass is 10.1. The smallest absolute Gasteiger partial charge is 0.261 e. The maximum absolute atomic E-state index is 11.9. The van der Waals surface area contributed by atoms with Crippen LogP contribution in [0.5, 0.6) is 0 Å². The van der Waals surface area contributed by atoms with E-state index >= 15 is 0 Å². The first kappa shape index (κ1) is 13.1. The second-order valence-corrected chi connectivity index (χ2v) is 7.39. The first-order valence-corrected chi connectivity index (χ1v) is 7.78. The SMILES string of the molecule is Cc1cc(C(=O)NCC2CCC(Br)C2)sc1C. The van der Waals surface area contributed by atoms with Crippen molar-refractivity contribution in [3.05, 3.63) is 21.4 Å². The summed E-state index contributed by atoms with van der Waals surface area (Å²) in [5.41, 5.74) is 1.21. The van der Waals surface area contributed by atoms with Crippen molar-refractivity contribution in [1.29, 1.82) is 0 Å². The van der Waals surface area contributed by atoms with E-state index in [2.05, 4.69) is 35.1 Å². The van der Waals surface area contributed by atoms with Crippen LogP contribution < -0.4 is 5.32 Å². The number of hydrogen-bond acceptors (Lipinski definition) is 2. The number of halogens is 1. The van der Waals surface area contributed by atoms with Gasteiger partial charge in [-0.2, -0.15) is 0 Å². The summed E-state index contributed by atoms with van der Waals surface area (Å²) in [5.74, 6) is 0.731. The summed E-state index contributed by atoms with van der Waals surface area (Å²) in [6.07, 6.45) is 3.64. The van der Waals surface area contributed by atoms with Gasteiger partial charge >= 0.3 is 0 Å². The monoisotopic (exact) mass is 315 g/mol. The molecule has 0 radical (unpaired) electrons. The molecule has 0 aromatic carbocycles. The maximum atomic E-state index is 11.9. The van der Waals surface area contributed by atoms with Gasteiger partial charge in [-0.25, -0.2) is 0 Å². The molecule has 0 aliphatic heterocycles. The molecule has 1 aromatic heterocycles. The molecule has 2 rings (SSSR count). The number of aryl methyl sites for hydroxylation is 2. The van der Waals surface area contributed by atoms with Crippen LogP contribution in [0.1, 0.15) is 39.4 Å². The highest BCUT2D eigenvalue weighted by atomic mass is 79.9. The van der Waals surface area contributed by atoms with Crippen LogP contribution in [-0.2, 0) is 0 Å². The highest BCUT2D eigenvalue weighted by Gasteiger charge is 2.23. The molecule has 2 nitrogen and oxygen atoms in total. The van der Waals surface area contributed by atoms with Crippen molar-refractivity contribution < 1.29 is 4.79 Å². The predicted molar refractivity (Wildman–Crippen MR) is 76.2 cm³/mol. The van der Waals surface area contributed by atoms with Gasteiger partial charge in [-0.3, -0.25) is 4.79 Å². The molecule has 0 bridgehead atoms. The maximum Gasteiger partial charge on any atom is 0.261 e. The van der Waals surface area contributed by atoms with E-state index in [1.807, 2.05) is 6.07 Å². The molecular weight excluding hydrogens is 298 g/mol. The third-order valence-electron chi connectivity index (χ3n) is 3.42. The number of hydrogen-bond donors (Lipinski definition) is 1. The zero-order valence-corrected chi connectivity index (χ0v) is 12.7. The van der Waals surface area contributed by atoms with Gasteiger partial charge in [-0.15, -0.1) is 11.3 Å². The van der Waals surface area contributed by atoms with E-state index < -0.39 is 0 Å². The number of thiophene rings is 1. The van der Waals surface area contributed by atoms with Crippen LogP contribution in [0, 0.1) is 19.8 Å². The highest BCUT2D eigenvalue weighted by molar-refractivity contribution is 9.09. The van der Waals surface area contributed by atoms with Crippen LogP contribution in [0.25, 0.3) is 0 Å². The topological polar surface area (TPSA) is 29.1 Å². The summed E-state index contributed by atoms with van der Waals surface area (Å²) in [5, 5.41) is 3.05. The summed E-state index contributed by atoms with van der Waals surface area (Å²) in [7, 11) is 0. The van der Waals surface area contributed by atoms with Gasteiger partial charge in [0.1, 0.15) is 0 Å². The molecule has 1 fully saturated rings. The molecule has 0 saturated heterocycles. The van der Waals surface area contributed by atoms with Gasteiger partial charge in [0, 0.05) is 16.2 Å². The summed E-state index contributed by atoms with van der Waals surface area (Å²) in [6, 6.07) is 1.98. The van der Waals surface area contributed by atoms with Crippen LogP contribution >= 0.6 is 27.3 Å². The summed E-state index contributed by atoms with van der Waals surface area (Å²) >= 11 is 5.22. The van der Waals surface area contributed by atoms with Crippen molar-refractivity contribution in [2.75, 3.05) is 6.54 Å². The molecule has 17 heavy (non-hydrogen) atoms. The Kier molecular flexibility index (Phi) is 4.26. The summed E-state index contributed by atoms with van der Waals surface area (Å²) in [4.78, 5) is 14.7. The second kappa shape index (κ2) is 5.53. The normalized spacial score (nSPS) is 23.9. The van der Waals surface area contributed by atoms with Gasteiger partial charge in [0.05, 0.1) is 4.88 Å². The predicted octanol–water partition coefficient (Wildman–Crippen LogP) is 3.66. The third-order valence-corrected chi connectivity index (χ3v) is 5.40. The van der Waals surface area contributed by atoms with Gasteiger partial charge in [-0.1, -0.05) is 15.9 Å². The average molecular weight is 316 g/mol. The molecule has 2 atom stereocenters. The first-order chi connectivity index (χ1) is 8.06. The lowest BCUT2D eigenvalue weighted by Gasteiger charge is -2.09. The van der Waals surface area contributed by atoms with Gasteiger partial charge in [0.25, 0.3) is 5.91 Å². The van der Waals surface area contributed by atoms with Crippen LogP contribution in [-0.4, -0.2) is 17.3 Å². The highest BCUT2D eigenvalue weighted by Crippen LogP contribution is 2.30. The van der Waals surface area contributed by atoms with Crippen LogP contribution in [0.15, 0.2) is 6.07 Å². The Hall–Kier alpha value is -0.350. The fourth-order valence-corrected chi connectivity index (χ4v) is 3.95. The van der Waals surface area contributed by atoms with Crippen LogP contribution in [0.4, 0.5) is 0 Å². The van der Waals surface area contributed by atoms with E-state index in [0.29, 0.717) is 10.7 Å². The van der Waals surface area contributed by atoms with E-state index in [4.69, 9.17) is 0 Å². The Labute approximate surface area is 115 Å². The Morgan fingerprint density at radius 3 is 2.82 bits per heavy atom.